The van der Waals surface area contributed by atoms with Crippen LogP contribution in [0, 0.1) is 0 Å². The Morgan fingerprint density at radius 3 is 3.07 bits per heavy atom. The van der Waals surface area contributed by atoms with Crippen molar-refractivity contribution in [3.05, 3.63) is 34.9 Å². The van der Waals surface area contributed by atoms with Crippen molar-refractivity contribution in [1.29, 1.82) is 0 Å². The van der Waals surface area contributed by atoms with E-state index in [0.717, 1.165) is 25.7 Å². The van der Waals surface area contributed by atoms with E-state index in [4.69, 9.17) is 0 Å². The Morgan fingerprint density at radius 1 is 1.40 bits per heavy atom. The molecule has 2 rings (SSSR count). The Hall–Kier alpha value is -0.820. The average molecular weight is 204 g/mol. The minimum Gasteiger partial charge on any atom is -0.388 e. The Morgan fingerprint density at radius 2 is 2.27 bits per heavy atom. The summed E-state index contributed by atoms with van der Waals surface area (Å²) in [6.45, 7) is 2.22. The normalized spacial score (nSPS) is 20.0. The molecule has 0 saturated carbocycles. The second kappa shape index (κ2) is 4.80. The van der Waals surface area contributed by atoms with Gasteiger partial charge in [0.1, 0.15) is 0 Å². The molecule has 1 aliphatic carbocycles. The van der Waals surface area contributed by atoms with Crippen LogP contribution in [-0.4, -0.2) is 5.11 Å². The second-order valence-electron chi connectivity index (χ2n) is 4.54. The van der Waals surface area contributed by atoms with Crippen molar-refractivity contribution in [3.8, 4) is 0 Å². The molecule has 0 spiro atoms. The molecular formula is C14H20O. The lowest BCUT2D eigenvalue weighted by Crippen LogP contribution is -2.09. The van der Waals surface area contributed by atoms with Crippen LogP contribution in [0.15, 0.2) is 18.2 Å². The molecule has 0 aromatic heterocycles. The van der Waals surface area contributed by atoms with Gasteiger partial charge in [0.2, 0.25) is 0 Å². The van der Waals surface area contributed by atoms with Gasteiger partial charge in [-0.3, -0.25) is 0 Å². The fourth-order valence-electron chi connectivity index (χ4n) is 2.36. The van der Waals surface area contributed by atoms with Crippen LogP contribution >= 0.6 is 0 Å². The first-order chi connectivity index (χ1) is 7.31. The molecular weight excluding hydrogens is 184 g/mol. The topological polar surface area (TPSA) is 20.2 Å². The molecule has 0 radical (unpaired) electrons. The maximum atomic E-state index is 9.91. The summed E-state index contributed by atoms with van der Waals surface area (Å²) in [5.41, 5.74) is 3.93. The minimum absolute atomic E-state index is 0.213. The predicted octanol–water partition coefficient (Wildman–Crippen LogP) is 3.40. The standard InChI is InChI=1S/C14H20O/c1-2-3-5-11-8-9-12-6-4-7-14(15)13(12)10-11/h8-10,14-15H,2-7H2,1H3/t14-/m0/s1. The number of aliphatic hydroxyl groups is 1. The highest BCUT2D eigenvalue weighted by molar-refractivity contribution is 5.35. The van der Waals surface area contributed by atoms with Crippen molar-refractivity contribution < 1.29 is 5.11 Å². The Kier molecular flexibility index (Phi) is 3.42. The molecule has 82 valence electrons. The van der Waals surface area contributed by atoms with E-state index in [9.17, 15) is 5.11 Å². The molecule has 0 unspecified atom stereocenters. The largest absolute Gasteiger partial charge is 0.388 e. The third kappa shape index (κ3) is 2.40. The lowest BCUT2D eigenvalue weighted by atomic mass is 9.87. The van der Waals surface area contributed by atoms with E-state index in [1.165, 1.54) is 29.5 Å². The molecule has 1 N–H and O–H groups in total. The van der Waals surface area contributed by atoms with Crippen LogP contribution in [0.2, 0.25) is 0 Å². The summed E-state index contributed by atoms with van der Waals surface area (Å²) in [6, 6.07) is 6.66. The zero-order chi connectivity index (χ0) is 10.7. The van der Waals surface area contributed by atoms with E-state index in [2.05, 4.69) is 25.1 Å². The number of unbranched alkanes of at least 4 members (excludes halogenated alkanes) is 1. The smallest absolute Gasteiger partial charge is 0.0792 e. The lowest BCUT2D eigenvalue weighted by Gasteiger charge is -2.22. The van der Waals surface area contributed by atoms with E-state index in [-0.39, 0.29) is 6.10 Å². The van der Waals surface area contributed by atoms with Gasteiger partial charge in [0, 0.05) is 0 Å². The molecule has 15 heavy (non-hydrogen) atoms. The van der Waals surface area contributed by atoms with Gasteiger partial charge in [-0.25, -0.2) is 0 Å². The monoisotopic (exact) mass is 204 g/mol. The van der Waals surface area contributed by atoms with E-state index in [0.29, 0.717) is 0 Å². The molecule has 1 atom stereocenters. The third-order valence-corrected chi connectivity index (χ3v) is 3.31. The number of aliphatic hydroxyl groups excluding tert-OH is 1. The van der Waals surface area contributed by atoms with Gasteiger partial charge in [0.05, 0.1) is 6.10 Å². The first kappa shape index (κ1) is 10.7. The van der Waals surface area contributed by atoms with Crippen molar-refractivity contribution in [2.24, 2.45) is 0 Å². The van der Waals surface area contributed by atoms with Gasteiger partial charge in [-0.15, -0.1) is 0 Å². The van der Waals surface area contributed by atoms with E-state index < -0.39 is 0 Å². The molecule has 1 aliphatic rings. The van der Waals surface area contributed by atoms with Crippen LogP contribution in [0.4, 0.5) is 0 Å². The summed E-state index contributed by atoms with van der Waals surface area (Å²) < 4.78 is 0. The molecule has 0 fully saturated rings. The van der Waals surface area contributed by atoms with Crippen LogP contribution in [0.3, 0.4) is 0 Å². The zero-order valence-electron chi connectivity index (χ0n) is 9.50. The van der Waals surface area contributed by atoms with Gasteiger partial charge in [-0.1, -0.05) is 31.5 Å². The van der Waals surface area contributed by atoms with Crippen LogP contribution in [0.1, 0.15) is 55.4 Å². The van der Waals surface area contributed by atoms with Gasteiger partial charge < -0.3 is 5.11 Å². The van der Waals surface area contributed by atoms with Gasteiger partial charge in [0.25, 0.3) is 0 Å². The highest BCUT2D eigenvalue weighted by Gasteiger charge is 2.17. The van der Waals surface area contributed by atoms with Gasteiger partial charge in [-0.2, -0.15) is 0 Å². The van der Waals surface area contributed by atoms with Crippen molar-refractivity contribution in [3.63, 3.8) is 0 Å². The van der Waals surface area contributed by atoms with Crippen LogP contribution in [0.25, 0.3) is 0 Å². The van der Waals surface area contributed by atoms with Crippen molar-refractivity contribution in [2.75, 3.05) is 0 Å². The highest BCUT2D eigenvalue weighted by atomic mass is 16.3. The fraction of sp³-hybridized carbons (Fsp3) is 0.571. The quantitative estimate of drug-likeness (QED) is 0.800. The number of rotatable bonds is 3. The van der Waals surface area contributed by atoms with E-state index in [1.807, 2.05) is 0 Å². The third-order valence-electron chi connectivity index (χ3n) is 3.31. The summed E-state index contributed by atoms with van der Waals surface area (Å²) in [4.78, 5) is 0. The number of aryl methyl sites for hydroxylation is 2. The van der Waals surface area contributed by atoms with Crippen molar-refractivity contribution in [2.45, 2.75) is 51.6 Å². The predicted molar refractivity (Wildman–Crippen MR) is 63.0 cm³/mol. The van der Waals surface area contributed by atoms with Crippen LogP contribution < -0.4 is 0 Å². The molecule has 0 heterocycles. The number of benzene rings is 1. The first-order valence-corrected chi connectivity index (χ1v) is 6.11. The maximum absolute atomic E-state index is 9.91. The lowest BCUT2D eigenvalue weighted by molar-refractivity contribution is 0.156. The maximum Gasteiger partial charge on any atom is 0.0792 e. The van der Waals surface area contributed by atoms with Gasteiger partial charge in [0.15, 0.2) is 0 Å². The molecule has 1 heteroatoms. The summed E-state index contributed by atoms with van der Waals surface area (Å²) in [7, 11) is 0. The van der Waals surface area contributed by atoms with E-state index in [1.54, 1.807) is 0 Å². The first-order valence-electron chi connectivity index (χ1n) is 6.11. The molecule has 0 amide bonds. The summed E-state index contributed by atoms with van der Waals surface area (Å²) in [6.07, 6.45) is 6.62. The zero-order valence-corrected chi connectivity index (χ0v) is 9.50. The molecule has 1 aromatic rings. The van der Waals surface area contributed by atoms with Crippen molar-refractivity contribution >= 4 is 0 Å². The fourth-order valence-corrected chi connectivity index (χ4v) is 2.36. The summed E-state index contributed by atoms with van der Waals surface area (Å²) in [5.74, 6) is 0. The SMILES string of the molecule is CCCCc1ccc2c(c1)[C@@H](O)CCC2. The minimum atomic E-state index is -0.213. The molecule has 0 saturated heterocycles. The molecule has 1 aromatic carbocycles. The average Bonchev–Trinajstić information content (AvgIpc) is 2.27. The molecule has 0 aliphatic heterocycles. The Balaban J connectivity index is 2.19. The van der Waals surface area contributed by atoms with Gasteiger partial charge >= 0.3 is 0 Å². The van der Waals surface area contributed by atoms with Crippen LogP contribution in [-0.2, 0) is 12.8 Å². The highest BCUT2D eigenvalue weighted by Crippen LogP contribution is 2.30. The Bertz CT molecular complexity index is 330. The molecule has 0 bridgehead atoms. The number of hydrogen-bond acceptors (Lipinski definition) is 1. The summed E-state index contributed by atoms with van der Waals surface area (Å²) >= 11 is 0. The number of fused-ring (bicyclic) bond motifs is 1. The van der Waals surface area contributed by atoms with Crippen molar-refractivity contribution in [1.82, 2.24) is 0 Å². The number of hydrogen-bond donors (Lipinski definition) is 1. The van der Waals surface area contributed by atoms with E-state index >= 15 is 0 Å². The Labute approximate surface area is 92.1 Å². The summed E-state index contributed by atoms with van der Waals surface area (Å²) in [5, 5.41) is 9.91. The molecule has 1 nitrogen and oxygen atoms in total. The van der Waals surface area contributed by atoms with Gasteiger partial charge in [-0.05, 0) is 48.8 Å². The van der Waals surface area contributed by atoms with Crippen LogP contribution in [0.5, 0.6) is 0 Å². The second-order valence-corrected chi connectivity index (χ2v) is 4.54.